The number of anilines is 1. The number of halogens is 3. The molecule has 9 heteroatoms. The van der Waals surface area contributed by atoms with Gasteiger partial charge in [-0.15, -0.1) is 0 Å². The second-order valence-electron chi connectivity index (χ2n) is 3.39. The van der Waals surface area contributed by atoms with Crippen LogP contribution >= 0.6 is 27.5 Å². The maximum atomic E-state index is 12.9. The molecule has 0 saturated heterocycles. The van der Waals surface area contributed by atoms with Gasteiger partial charge in [0, 0.05) is 10.7 Å². The molecule has 2 rings (SSSR count). The lowest BCUT2D eigenvalue weighted by molar-refractivity contribution is 0.598. The van der Waals surface area contributed by atoms with Crippen molar-refractivity contribution in [2.24, 2.45) is 0 Å². The predicted octanol–water partition coefficient (Wildman–Crippen LogP) is 2.83. The topological polar surface area (TPSA) is 72.0 Å². The summed E-state index contributed by atoms with van der Waals surface area (Å²) in [6.07, 6.45) is 1.31. The third kappa shape index (κ3) is 3.40. The molecule has 0 fully saturated rings. The van der Waals surface area contributed by atoms with Gasteiger partial charge in [-0.25, -0.2) is 17.8 Å². The van der Waals surface area contributed by atoms with Gasteiger partial charge < -0.3 is 0 Å². The number of nitrogens with zero attached hydrogens (tertiary/aromatic N) is 2. The molecule has 1 aromatic carbocycles. The summed E-state index contributed by atoms with van der Waals surface area (Å²) in [6.45, 7) is 0. The van der Waals surface area contributed by atoms with Gasteiger partial charge in [0.15, 0.2) is 0 Å². The fourth-order valence-corrected chi connectivity index (χ4v) is 3.48. The molecule has 0 unspecified atom stereocenters. The first kappa shape index (κ1) is 14.2. The highest BCUT2D eigenvalue weighted by Gasteiger charge is 2.18. The van der Waals surface area contributed by atoms with Crippen molar-refractivity contribution in [3.63, 3.8) is 0 Å². The maximum Gasteiger partial charge on any atom is 0.264 e. The van der Waals surface area contributed by atoms with Gasteiger partial charge in [-0.1, -0.05) is 0 Å². The number of benzene rings is 1. The molecule has 0 radical (unpaired) electrons. The Hall–Kier alpha value is -1.25. The van der Waals surface area contributed by atoms with Gasteiger partial charge in [-0.2, -0.15) is 4.98 Å². The Morgan fingerprint density at radius 3 is 2.68 bits per heavy atom. The molecule has 0 aliphatic carbocycles. The fourth-order valence-electron chi connectivity index (χ4n) is 1.28. The molecule has 1 heterocycles. The zero-order chi connectivity index (χ0) is 14.0. The molecular formula is C10H6BrClFN3O2S. The summed E-state index contributed by atoms with van der Waals surface area (Å²) in [6, 6.07) is 4.60. The van der Waals surface area contributed by atoms with Crippen molar-refractivity contribution in [1.82, 2.24) is 9.97 Å². The molecule has 5 nitrogen and oxygen atoms in total. The highest BCUT2D eigenvalue weighted by atomic mass is 79.9. The van der Waals surface area contributed by atoms with E-state index in [0.717, 1.165) is 18.2 Å². The van der Waals surface area contributed by atoms with Gasteiger partial charge in [-0.05, 0) is 51.8 Å². The number of sulfonamides is 1. The van der Waals surface area contributed by atoms with E-state index in [2.05, 4.69) is 30.6 Å². The lowest BCUT2D eigenvalue weighted by atomic mass is 10.3. The molecular weight excluding hydrogens is 361 g/mol. The molecule has 0 saturated carbocycles. The van der Waals surface area contributed by atoms with Gasteiger partial charge >= 0.3 is 0 Å². The van der Waals surface area contributed by atoms with E-state index >= 15 is 0 Å². The number of nitrogens with one attached hydrogen (secondary N) is 1. The highest BCUT2D eigenvalue weighted by Crippen LogP contribution is 2.24. The minimum absolute atomic E-state index is 0.0243. The van der Waals surface area contributed by atoms with Crippen molar-refractivity contribution in [3.8, 4) is 0 Å². The van der Waals surface area contributed by atoms with E-state index in [-0.39, 0.29) is 20.5 Å². The monoisotopic (exact) mass is 365 g/mol. The summed E-state index contributed by atoms with van der Waals surface area (Å²) in [5.74, 6) is -0.521. The van der Waals surface area contributed by atoms with E-state index in [9.17, 15) is 12.8 Å². The minimum atomic E-state index is -3.89. The zero-order valence-electron chi connectivity index (χ0n) is 9.14. The van der Waals surface area contributed by atoms with Gasteiger partial charge in [0.1, 0.15) is 16.5 Å². The van der Waals surface area contributed by atoms with Crippen LogP contribution in [0.1, 0.15) is 0 Å². The Balaban J connectivity index is 2.38. The normalized spacial score (nSPS) is 11.3. The Morgan fingerprint density at radius 1 is 1.32 bits per heavy atom. The lowest BCUT2D eigenvalue weighted by Crippen LogP contribution is -2.14. The summed E-state index contributed by atoms with van der Waals surface area (Å²) >= 11 is 8.55. The molecule has 2 aromatic rings. The molecule has 0 aliphatic heterocycles. The molecule has 0 aliphatic rings. The van der Waals surface area contributed by atoms with Crippen molar-refractivity contribution >= 4 is 43.4 Å². The predicted molar refractivity (Wildman–Crippen MR) is 72.0 cm³/mol. The van der Waals surface area contributed by atoms with Crippen LogP contribution in [0.4, 0.5) is 10.2 Å². The van der Waals surface area contributed by atoms with Crippen molar-refractivity contribution < 1.29 is 12.8 Å². The molecule has 19 heavy (non-hydrogen) atoms. The standard InChI is InChI=1S/C10H6BrClFN3O2S/c11-7-5-6(13)1-2-8(7)19(17,18)16-9-3-4-14-10(12)15-9/h1-5H,(H,14,15,16). The van der Waals surface area contributed by atoms with E-state index in [0.29, 0.717) is 0 Å². The lowest BCUT2D eigenvalue weighted by Gasteiger charge is -2.08. The molecule has 0 bridgehead atoms. The zero-order valence-corrected chi connectivity index (χ0v) is 12.3. The van der Waals surface area contributed by atoms with E-state index < -0.39 is 15.8 Å². The molecule has 0 atom stereocenters. The minimum Gasteiger partial charge on any atom is -0.263 e. The first-order chi connectivity index (χ1) is 8.88. The average Bonchev–Trinajstić information content (AvgIpc) is 2.27. The number of rotatable bonds is 3. The molecule has 1 aromatic heterocycles. The third-order valence-electron chi connectivity index (χ3n) is 2.05. The van der Waals surface area contributed by atoms with Crippen LogP contribution in [0, 0.1) is 5.82 Å². The molecule has 0 amide bonds. The summed E-state index contributed by atoms with van der Waals surface area (Å²) < 4.78 is 39.4. The summed E-state index contributed by atoms with van der Waals surface area (Å²) in [7, 11) is -3.89. The van der Waals surface area contributed by atoms with Crippen molar-refractivity contribution in [2.45, 2.75) is 4.90 Å². The van der Waals surface area contributed by atoms with E-state index in [4.69, 9.17) is 11.6 Å². The van der Waals surface area contributed by atoms with Crippen molar-refractivity contribution in [3.05, 3.63) is 46.0 Å². The van der Waals surface area contributed by atoms with Crippen molar-refractivity contribution in [2.75, 3.05) is 4.72 Å². The van der Waals surface area contributed by atoms with Crippen LogP contribution in [0.5, 0.6) is 0 Å². The van der Waals surface area contributed by atoms with Crippen LogP contribution in [-0.4, -0.2) is 18.4 Å². The first-order valence-corrected chi connectivity index (χ1v) is 7.50. The number of aromatic nitrogens is 2. The maximum absolute atomic E-state index is 12.9. The first-order valence-electron chi connectivity index (χ1n) is 4.85. The second-order valence-corrected chi connectivity index (χ2v) is 6.23. The Labute approximate surface area is 122 Å². The Morgan fingerprint density at radius 2 is 2.05 bits per heavy atom. The Bertz CT molecular complexity index is 726. The van der Waals surface area contributed by atoms with Crippen LogP contribution in [0.3, 0.4) is 0 Å². The van der Waals surface area contributed by atoms with E-state index in [1.54, 1.807) is 0 Å². The SMILES string of the molecule is O=S(=O)(Nc1ccnc(Cl)n1)c1ccc(F)cc1Br. The smallest absolute Gasteiger partial charge is 0.263 e. The second kappa shape index (κ2) is 5.40. The average molecular weight is 367 g/mol. The fraction of sp³-hybridized carbons (Fsp3) is 0. The quantitative estimate of drug-likeness (QED) is 0.848. The van der Waals surface area contributed by atoms with Crippen LogP contribution in [-0.2, 0) is 10.0 Å². The van der Waals surface area contributed by atoms with E-state index in [1.165, 1.54) is 12.3 Å². The highest BCUT2D eigenvalue weighted by molar-refractivity contribution is 9.10. The number of hydrogen-bond acceptors (Lipinski definition) is 4. The third-order valence-corrected chi connectivity index (χ3v) is 4.56. The van der Waals surface area contributed by atoms with Crippen LogP contribution in [0.25, 0.3) is 0 Å². The van der Waals surface area contributed by atoms with Crippen LogP contribution in [0.2, 0.25) is 5.28 Å². The summed E-state index contributed by atoms with van der Waals surface area (Å²) in [5, 5.41) is -0.0848. The summed E-state index contributed by atoms with van der Waals surface area (Å²) in [4.78, 5) is 7.23. The molecule has 100 valence electrons. The van der Waals surface area contributed by atoms with Crippen LogP contribution < -0.4 is 4.72 Å². The van der Waals surface area contributed by atoms with Crippen molar-refractivity contribution in [1.29, 1.82) is 0 Å². The van der Waals surface area contributed by atoms with E-state index in [1.807, 2.05) is 0 Å². The molecule has 1 N–H and O–H groups in total. The number of hydrogen-bond donors (Lipinski definition) is 1. The van der Waals surface area contributed by atoms with Gasteiger partial charge in [-0.3, -0.25) is 4.72 Å². The van der Waals surface area contributed by atoms with Gasteiger partial charge in [0.05, 0.1) is 0 Å². The molecule has 0 spiro atoms. The van der Waals surface area contributed by atoms with Gasteiger partial charge in [0.2, 0.25) is 5.28 Å². The summed E-state index contributed by atoms with van der Waals surface area (Å²) in [5.41, 5.74) is 0. The largest absolute Gasteiger partial charge is 0.264 e. The van der Waals surface area contributed by atoms with Gasteiger partial charge in [0.25, 0.3) is 10.0 Å². The van der Waals surface area contributed by atoms with Crippen LogP contribution in [0.15, 0.2) is 39.8 Å². The Kier molecular flexibility index (Phi) is 4.02.